The number of hydrogen-bond acceptors (Lipinski definition) is 6. The highest BCUT2D eigenvalue weighted by molar-refractivity contribution is 6.07. The fourth-order valence-electron chi connectivity index (χ4n) is 4.57. The first-order chi connectivity index (χ1) is 17.3. The minimum Gasteiger partial charge on any atom is -0.508 e. The minimum atomic E-state index is 0.0566. The van der Waals surface area contributed by atoms with Crippen molar-refractivity contribution in [3.63, 3.8) is 0 Å². The van der Waals surface area contributed by atoms with Crippen molar-refractivity contribution in [2.75, 3.05) is 18.8 Å². The normalized spacial score (nSPS) is 16.2. The van der Waals surface area contributed by atoms with Crippen molar-refractivity contribution >= 4 is 17.3 Å². The van der Waals surface area contributed by atoms with Crippen LogP contribution < -0.4 is 16.5 Å². The van der Waals surface area contributed by atoms with Crippen LogP contribution in [-0.2, 0) is 6.42 Å². The molecule has 1 aliphatic heterocycles. The van der Waals surface area contributed by atoms with E-state index in [1.54, 1.807) is 18.2 Å². The molecule has 1 amide bonds. The zero-order chi connectivity index (χ0) is 26.2. The van der Waals surface area contributed by atoms with E-state index in [0.29, 0.717) is 35.5 Å². The van der Waals surface area contributed by atoms with Gasteiger partial charge in [0.15, 0.2) is 0 Å². The fraction of sp³-hybridized carbons (Fsp3) is 0.379. The Balaban J connectivity index is 0.00000176. The van der Waals surface area contributed by atoms with Crippen LogP contribution in [0.15, 0.2) is 66.9 Å². The number of likely N-dealkylation sites (tertiary alicyclic amines) is 1. The van der Waals surface area contributed by atoms with Crippen molar-refractivity contribution < 1.29 is 9.90 Å². The number of allylic oxidation sites excluding steroid dienone is 1. The van der Waals surface area contributed by atoms with Gasteiger partial charge >= 0.3 is 0 Å². The van der Waals surface area contributed by atoms with Crippen molar-refractivity contribution in [2.24, 2.45) is 5.10 Å². The number of phenolic OH excluding ortho intramolecular Hbond substituents is 1. The van der Waals surface area contributed by atoms with Gasteiger partial charge in [-0.3, -0.25) is 10.2 Å². The van der Waals surface area contributed by atoms with E-state index in [1.807, 2.05) is 36.9 Å². The summed E-state index contributed by atoms with van der Waals surface area (Å²) in [6, 6.07) is 11.8. The van der Waals surface area contributed by atoms with Gasteiger partial charge in [-0.1, -0.05) is 18.7 Å². The molecule has 1 saturated heterocycles. The Morgan fingerprint density at radius 2 is 1.69 bits per heavy atom. The van der Waals surface area contributed by atoms with Crippen molar-refractivity contribution in [1.29, 1.82) is 0 Å². The topological polar surface area (TPSA) is 103 Å². The second-order valence-corrected chi connectivity index (χ2v) is 9.47. The molecule has 36 heavy (non-hydrogen) atoms. The molecule has 0 aromatic heterocycles. The molecule has 5 N–H and O–H groups in total. The number of carbonyl (C=O) groups is 1. The number of nitrogens with zero attached hydrogens (tertiary/aromatic N) is 2. The van der Waals surface area contributed by atoms with Gasteiger partial charge in [-0.15, -0.1) is 13.2 Å². The van der Waals surface area contributed by atoms with Crippen LogP contribution in [0, 0.1) is 6.92 Å². The van der Waals surface area contributed by atoms with Gasteiger partial charge in [-0.05, 0) is 74.9 Å². The summed E-state index contributed by atoms with van der Waals surface area (Å²) in [6.07, 6.45) is 5.14. The lowest BCUT2D eigenvalue weighted by atomic mass is 9.95. The summed E-state index contributed by atoms with van der Waals surface area (Å²) >= 11 is 0. The van der Waals surface area contributed by atoms with E-state index >= 15 is 0 Å². The Kier molecular flexibility index (Phi) is 9.31. The molecule has 0 bridgehead atoms. The zero-order valence-corrected chi connectivity index (χ0v) is 21.5. The van der Waals surface area contributed by atoms with Gasteiger partial charge in [0, 0.05) is 54.1 Å². The van der Waals surface area contributed by atoms with Crippen LogP contribution >= 0.6 is 0 Å². The van der Waals surface area contributed by atoms with Crippen LogP contribution in [0.25, 0.3) is 0 Å². The maximum Gasteiger partial charge on any atom is 0.254 e. The molecule has 2 fully saturated rings. The largest absolute Gasteiger partial charge is 0.508 e. The van der Waals surface area contributed by atoms with Crippen molar-refractivity contribution in [3.05, 3.63) is 84.1 Å². The SMILES string of the molecule is C=C.C=C(Cc1ccc(O)cc1)N/N=C(\C)c1c(N)ccc(C(=O)N2CCC(NC3CC3)CC2)c1C. The fourth-order valence-corrected chi connectivity index (χ4v) is 4.57. The van der Waals surface area contributed by atoms with Crippen LogP contribution in [0.2, 0.25) is 0 Å². The summed E-state index contributed by atoms with van der Waals surface area (Å²) < 4.78 is 0. The van der Waals surface area contributed by atoms with E-state index in [2.05, 4.69) is 35.6 Å². The first-order valence-electron chi connectivity index (χ1n) is 12.5. The molecule has 2 aliphatic rings. The lowest BCUT2D eigenvalue weighted by molar-refractivity contribution is 0.0704. The molecule has 7 nitrogen and oxygen atoms in total. The van der Waals surface area contributed by atoms with Gasteiger partial charge in [-0.25, -0.2) is 0 Å². The molecule has 2 aromatic carbocycles. The van der Waals surface area contributed by atoms with Crippen LogP contribution in [0.1, 0.15) is 59.7 Å². The number of hydrogen-bond donors (Lipinski definition) is 4. The number of nitrogens with one attached hydrogen (secondary N) is 2. The number of rotatable bonds is 8. The average molecular weight is 490 g/mol. The maximum atomic E-state index is 13.3. The number of anilines is 1. The number of benzene rings is 2. The van der Waals surface area contributed by atoms with Gasteiger partial charge in [0.2, 0.25) is 0 Å². The number of nitrogen functional groups attached to an aromatic ring is 1. The third-order valence-electron chi connectivity index (χ3n) is 6.66. The van der Waals surface area contributed by atoms with Gasteiger partial charge in [0.1, 0.15) is 5.75 Å². The highest BCUT2D eigenvalue weighted by atomic mass is 16.3. The summed E-state index contributed by atoms with van der Waals surface area (Å²) in [5.41, 5.74) is 14.6. The summed E-state index contributed by atoms with van der Waals surface area (Å²) in [5, 5.41) is 17.6. The van der Waals surface area contributed by atoms with E-state index < -0.39 is 0 Å². The Morgan fingerprint density at radius 3 is 2.31 bits per heavy atom. The van der Waals surface area contributed by atoms with Gasteiger partial charge in [0.05, 0.1) is 5.71 Å². The molecule has 0 unspecified atom stereocenters. The molecule has 4 rings (SSSR count). The van der Waals surface area contributed by atoms with E-state index in [9.17, 15) is 9.90 Å². The highest BCUT2D eigenvalue weighted by Crippen LogP contribution is 2.26. The molecular weight excluding hydrogens is 450 g/mol. The molecule has 1 aliphatic carbocycles. The third kappa shape index (κ3) is 6.98. The monoisotopic (exact) mass is 489 g/mol. The number of aromatic hydroxyl groups is 1. The molecule has 0 atom stereocenters. The Morgan fingerprint density at radius 1 is 1.08 bits per heavy atom. The van der Waals surface area contributed by atoms with E-state index in [4.69, 9.17) is 5.73 Å². The number of amides is 1. The van der Waals surface area contributed by atoms with Crippen molar-refractivity contribution in [3.8, 4) is 5.75 Å². The molecular formula is C29H39N5O2. The number of piperidine rings is 1. The first-order valence-corrected chi connectivity index (χ1v) is 12.5. The summed E-state index contributed by atoms with van der Waals surface area (Å²) in [6.45, 7) is 15.4. The van der Waals surface area contributed by atoms with Crippen LogP contribution in [-0.4, -0.2) is 46.8 Å². The lowest BCUT2D eigenvalue weighted by Gasteiger charge is -2.33. The second kappa shape index (κ2) is 12.4. The quantitative estimate of drug-likeness (QED) is 0.189. The predicted octanol–water partition coefficient (Wildman–Crippen LogP) is 4.51. The molecule has 2 aromatic rings. The Bertz CT molecular complexity index is 1100. The highest BCUT2D eigenvalue weighted by Gasteiger charge is 2.29. The third-order valence-corrected chi connectivity index (χ3v) is 6.66. The number of nitrogens with two attached hydrogens (primary N) is 1. The number of phenols is 1. The maximum absolute atomic E-state index is 13.3. The molecule has 1 heterocycles. The number of carbonyl (C=O) groups excluding carboxylic acids is 1. The lowest BCUT2D eigenvalue weighted by Crippen LogP contribution is -2.45. The predicted molar refractivity (Wildman–Crippen MR) is 148 cm³/mol. The molecule has 7 heteroatoms. The van der Waals surface area contributed by atoms with Gasteiger partial charge in [-0.2, -0.15) is 5.10 Å². The summed E-state index contributed by atoms with van der Waals surface area (Å²) in [7, 11) is 0. The summed E-state index contributed by atoms with van der Waals surface area (Å²) in [5.74, 6) is 0.289. The Labute approximate surface area is 214 Å². The van der Waals surface area contributed by atoms with E-state index in [0.717, 1.165) is 48.3 Å². The zero-order valence-electron chi connectivity index (χ0n) is 21.5. The molecule has 192 valence electrons. The summed E-state index contributed by atoms with van der Waals surface area (Å²) in [4.78, 5) is 15.3. The van der Waals surface area contributed by atoms with Gasteiger partial charge < -0.3 is 21.1 Å². The van der Waals surface area contributed by atoms with Crippen molar-refractivity contribution in [1.82, 2.24) is 15.6 Å². The van der Waals surface area contributed by atoms with Crippen molar-refractivity contribution in [2.45, 2.75) is 58.0 Å². The second-order valence-electron chi connectivity index (χ2n) is 9.47. The standard InChI is InChI=1S/C27H35N5O2.C2H4/c1-17(16-20-4-8-23(33)9-5-20)30-31-19(3)26-18(2)24(10-11-25(26)28)27(34)32-14-12-22(13-15-32)29-21-6-7-21;1-2/h4-5,8-11,21-22,29-30,33H,1,6-7,12-16,28H2,2-3H3;1-2H2/b31-19+;. The first kappa shape index (κ1) is 27.0. The molecule has 0 radical (unpaired) electrons. The average Bonchev–Trinajstić information content (AvgIpc) is 3.70. The molecule has 0 spiro atoms. The van der Waals surface area contributed by atoms with Crippen LogP contribution in [0.4, 0.5) is 5.69 Å². The van der Waals surface area contributed by atoms with Crippen LogP contribution in [0.3, 0.4) is 0 Å². The smallest absolute Gasteiger partial charge is 0.254 e. The van der Waals surface area contributed by atoms with Crippen LogP contribution in [0.5, 0.6) is 5.75 Å². The van der Waals surface area contributed by atoms with E-state index in [1.165, 1.54) is 12.8 Å². The Hall–Kier alpha value is -3.58. The van der Waals surface area contributed by atoms with E-state index in [-0.39, 0.29) is 11.7 Å². The molecule has 1 saturated carbocycles. The number of hydrazone groups is 1. The minimum absolute atomic E-state index is 0.0566. The van der Waals surface area contributed by atoms with Gasteiger partial charge in [0.25, 0.3) is 5.91 Å².